The van der Waals surface area contributed by atoms with Gasteiger partial charge < -0.3 is 15.3 Å². The van der Waals surface area contributed by atoms with Gasteiger partial charge in [0.15, 0.2) is 0 Å². The largest absolute Gasteiger partial charge is 0.381 e. The summed E-state index contributed by atoms with van der Waals surface area (Å²) in [5.41, 5.74) is -1.26. The fourth-order valence-corrected chi connectivity index (χ4v) is 1.51. The summed E-state index contributed by atoms with van der Waals surface area (Å²) in [6.45, 7) is 5.04. The molecule has 14 heavy (non-hydrogen) atoms. The summed E-state index contributed by atoms with van der Waals surface area (Å²) >= 11 is 0. The molecule has 1 saturated heterocycles. The van der Waals surface area contributed by atoms with Crippen molar-refractivity contribution in [3.8, 4) is 0 Å². The second-order valence-corrected chi connectivity index (χ2v) is 4.61. The first-order chi connectivity index (χ1) is 6.39. The van der Waals surface area contributed by atoms with Crippen LogP contribution in [0.15, 0.2) is 0 Å². The second kappa shape index (κ2) is 4.28. The van der Waals surface area contributed by atoms with Gasteiger partial charge in [-0.1, -0.05) is 0 Å². The van der Waals surface area contributed by atoms with Crippen molar-refractivity contribution in [1.82, 2.24) is 10.2 Å². The van der Waals surface area contributed by atoms with Gasteiger partial charge >= 0.3 is 0 Å². The second-order valence-electron chi connectivity index (χ2n) is 4.61. The Hall–Kier alpha value is -0.610. The highest BCUT2D eigenvalue weighted by Crippen LogP contribution is 2.10. The van der Waals surface area contributed by atoms with E-state index in [-0.39, 0.29) is 11.9 Å². The summed E-state index contributed by atoms with van der Waals surface area (Å²) in [5, 5.41) is 12.3. The lowest BCUT2D eigenvalue weighted by atomic mass is 10.0. The average molecular weight is 200 g/mol. The molecule has 82 valence electrons. The third-order valence-corrected chi connectivity index (χ3v) is 2.61. The predicted octanol–water partition coefficient (Wildman–Crippen LogP) is -0.0323. The van der Waals surface area contributed by atoms with E-state index in [0.717, 1.165) is 25.9 Å². The highest BCUT2D eigenvalue weighted by Gasteiger charge is 2.27. The quantitative estimate of drug-likeness (QED) is 0.658. The number of hydrogen-bond acceptors (Lipinski definition) is 3. The fraction of sp³-hybridized carbons (Fsp3) is 0.900. The standard InChI is InChI=1S/C10H20N2O2/c1-10(2,14)9(13)11-8-4-6-12(3)7-5-8/h8,14H,4-7H2,1-3H3,(H,11,13). The fourth-order valence-electron chi connectivity index (χ4n) is 1.51. The molecule has 1 aliphatic rings. The molecule has 0 aromatic rings. The molecule has 1 fully saturated rings. The summed E-state index contributed by atoms with van der Waals surface area (Å²) in [6.07, 6.45) is 1.94. The van der Waals surface area contributed by atoms with E-state index in [4.69, 9.17) is 0 Å². The van der Waals surface area contributed by atoms with Crippen molar-refractivity contribution in [2.24, 2.45) is 0 Å². The Balaban J connectivity index is 2.35. The molecule has 1 aliphatic heterocycles. The number of nitrogens with one attached hydrogen (secondary N) is 1. The Kier molecular flexibility index (Phi) is 3.50. The van der Waals surface area contributed by atoms with E-state index in [0.29, 0.717) is 0 Å². The molecule has 0 aliphatic carbocycles. The molecular formula is C10H20N2O2. The zero-order valence-corrected chi connectivity index (χ0v) is 9.21. The number of hydrogen-bond donors (Lipinski definition) is 2. The predicted molar refractivity (Wildman–Crippen MR) is 55.0 cm³/mol. The molecule has 0 spiro atoms. The first kappa shape index (κ1) is 11.5. The molecule has 4 nitrogen and oxygen atoms in total. The highest BCUT2D eigenvalue weighted by molar-refractivity contribution is 5.84. The van der Waals surface area contributed by atoms with E-state index in [9.17, 15) is 9.90 Å². The van der Waals surface area contributed by atoms with E-state index in [1.165, 1.54) is 13.8 Å². The van der Waals surface area contributed by atoms with E-state index in [1.54, 1.807) is 0 Å². The van der Waals surface area contributed by atoms with Crippen molar-refractivity contribution in [3.63, 3.8) is 0 Å². The van der Waals surface area contributed by atoms with Gasteiger partial charge in [-0.05, 0) is 46.8 Å². The number of carbonyl (C=O) groups is 1. The molecule has 0 radical (unpaired) electrons. The molecule has 0 aromatic carbocycles. The average Bonchev–Trinajstić information content (AvgIpc) is 2.07. The molecule has 0 atom stereocenters. The number of amides is 1. The maximum Gasteiger partial charge on any atom is 0.251 e. The van der Waals surface area contributed by atoms with Gasteiger partial charge in [-0.25, -0.2) is 0 Å². The minimum absolute atomic E-state index is 0.227. The van der Waals surface area contributed by atoms with E-state index >= 15 is 0 Å². The maximum absolute atomic E-state index is 11.4. The Morgan fingerprint density at radius 1 is 1.43 bits per heavy atom. The number of rotatable bonds is 2. The molecule has 1 heterocycles. The van der Waals surface area contributed by atoms with Crippen molar-refractivity contribution in [3.05, 3.63) is 0 Å². The Morgan fingerprint density at radius 3 is 2.36 bits per heavy atom. The molecule has 1 rings (SSSR count). The van der Waals surface area contributed by atoms with Gasteiger partial charge in [0.2, 0.25) is 0 Å². The summed E-state index contributed by atoms with van der Waals surface area (Å²) < 4.78 is 0. The van der Waals surface area contributed by atoms with Gasteiger partial charge in [-0.3, -0.25) is 4.79 Å². The van der Waals surface area contributed by atoms with E-state index < -0.39 is 5.60 Å². The third-order valence-electron chi connectivity index (χ3n) is 2.61. The van der Waals surface area contributed by atoms with Gasteiger partial charge in [0, 0.05) is 6.04 Å². The molecule has 1 amide bonds. The molecule has 0 aromatic heterocycles. The smallest absolute Gasteiger partial charge is 0.251 e. The summed E-state index contributed by atoms with van der Waals surface area (Å²) in [5.74, 6) is -0.271. The van der Waals surface area contributed by atoms with Crippen LogP contribution in [0.3, 0.4) is 0 Å². The van der Waals surface area contributed by atoms with Crippen molar-refractivity contribution < 1.29 is 9.90 Å². The van der Waals surface area contributed by atoms with Crippen LogP contribution in [0.1, 0.15) is 26.7 Å². The zero-order valence-electron chi connectivity index (χ0n) is 9.21. The molecular weight excluding hydrogens is 180 g/mol. The summed E-state index contributed by atoms with van der Waals surface area (Å²) in [4.78, 5) is 13.7. The number of aliphatic hydroxyl groups is 1. The van der Waals surface area contributed by atoms with Gasteiger partial charge in [0.05, 0.1) is 0 Å². The van der Waals surface area contributed by atoms with E-state index in [2.05, 4.69) is 17.3 Å². The number of nitrogens with zero attached hydrogens (tertiary/aromatic N) is 1. The number of carbonyl (C=O) groups excluding carboxylic acids is 1. The van der Waals surface area contributed by atoms with Crippen molar-refractivity contribution in [1.29, 1.82) is 0 Å². The normalized spacial score (nSPS) is 20.9. The Bertz CT molecular complexity index is 203. The lowest BCUT2D eigenvalue weighted by molar-refractivity contribution is -0.137. The maximum atomic E-state index is 11.4. The molecule has 4 heteroatoms. The van der Waals surface area contributed by atoms with Crippen LogP contribution in [0, 0.1) is 0 Å². The molecule has 0 unspecified atom stereocenters. The van der Waals surface area contributed by atoms with Gasteiger partial charge in [0.1, 0.15) is 5.60 Å². The van der Waals surface area contributed by atoms with Crippen molar-refractivity contribution >= 4 is 5.91 Å². The Labute approximate surface area is 85.3 Å². The molecule has 0 saturated carbocycles. The van der Waals surface area contributed by atoms with Crippen LogP contribution in [-0.4, -0.2) is 47.7 Å². The number of likely N-dealkylation sites (tertiary alicyclic amines) is 1. The van der Waals surface area contributed by atoms with E-state index in [1.807, 2.05) is 0 Å². The minimum Gasteiger partial charge on any atom is -0.381 e. The van der Waals surface area contributed by atoms with Gasteiger partial charge in [0.25, 0.3) is 5.91 Å². The molecule has 2 N–H and O–H groups in total. The van der Waals surface area contributed by atoms with Crippen molar-refractivity contribution in [2.75, 3.05) is 20.1 Å². The highest BCUT2D eigenvalue weighted by atomic mass is 16.3. The monoisotopic (exact) mass is 200 g/mol. The van der Waals surface area contributed by atoms with Crippen LogP contribution >= 0.6 is 0 Å². The summed E-state index contributed by atoms with van der Waals surface area (Å²) in [7, 11) is 2.08. The third kappa shape index (κ3) is 3.27. The van der Waals surface area contributed by atoms with Gasteiger partial charge in [-0.2, -0.15) is 0 Å². The number of piperidine rings is 1. The van der Waals surface area contributed by atoms with Crippen LogP contribution < -0.4 is 5.32 Å². The zero-order chi connectivity index (χ0) is 10.8. The SMILES string of the molecule is CN1CCC(NC(=O)C(C)(C)O)CC1. The molecule has 0 bridgehead atoms. The van der Waals surface area contributed by atoms with Gasteiger partial charge in [-0.15, -0.1) is 0 Å². The van der Waals surface area contributed by atoms with Crippen molar-refractivity contribution in [2.45, 2.75) is 38.3 Å². The topological polar surface area (TPSA) is 52.6 Å². The Morgan fingerprint density at radius 2 is 1.93 bits per heavy atom. The van der Waals surface area contributed by atoms with Crippen LogP contribution in [0.5, 0.6) is 0 Å². The first-order valence-corrected chi connectivity index (χ1v) is 5.11. The lowest BCUT2D eigenvalue weighted by Crippen LogP contribution is -2.50. The first-order valence-electron chi connectivity index (χ1n) is 5.11. The van der Waals surface area contributed by atoms with Crippen LogP contribution in [0.4, 0.5) is 0 Å². The lowest BCUT2D eigenvalue weighted by Gasteiger charge is -2.31. The van der Waals surface area contributed by atoms with Crippen LogP contribution in [-0.2, 0) is 4.79 Å². The van der Waals surface area contributed by atoms with Crippen LogP contribution in [0.25, 0.3) is 0 Å². The summed E-state index contributed by atoms with van der Waals surface area (Å²) in [6, 6.07) is 0.227. The minimum atomic E-state index is -1.26. The van der Waals surface area contributed by atoms with Crippen LogP contribution in [0.2, 0.25) is 0 Å².